The fourth-order valence-corrected chi connectivity index (χ4v) is 10.4. The Morgan fingerprint density at radius 1 is 0.426 bits per heavy atom. The van der Waals surface area contributed by atoms with Gasteiger partial charge in [0.25, 0.3) is 0 Å². The van der Waals surface area contributed by atoms with Crippen LogP contribution >= 0.6 is 0 Å². The summed E-state index contributed by atoms with van der Waals surface area (Å²) in [5.41, 5.74) is 20.8. The van der Waals surface area contributed by atoms with E-state index in [4.69, 9.17) is 0 Å². The molecule has 0 unspecified atom stereocenters. The number of fused-ring (bicyclic) bond motifs is 11. The maximum Gasteiger partial charge on any atom is 0.100 e. The molecule has 2 aliphatic carbocycles. The van der Waals surface area contributed by atoms with Gasteiger partial charge in [-0.3, -0.25) is 4.99 Å². The standard InChI is InChI=1S/C57H40N4/c1-58-51-28-14-15-29-52(51)60-38-59(41-19-6-3-7-20-41)53-36-35-43(37-55(53)60)61(42-33-31-40(32-34-42)39-17-4-2-5-18-39)54-30-16-27-50-56(54)46-23-10-13-26-49(46)57(50)47-24-11-8-21-44(47)45-22-9-12-25-48(45)57/h2-37H,1,38H2. The van der Waals surface area contributed by atoms with Crippen LogP contribution in [-0.2, 0) is 5.41 Å². The van der Waals surface area contributed by atoms with Crippen molar-refractivity contribution in [3.63, 3.8) is 0 Å². The minimum atomic E-state index is -0.454. The molecule has 1 heterocycles. The average Bonchev–Trinajstić information content (AvgIpc) is 3.97. The van der Waals surface area contributed by atoms with Crippen LogP contribution < -0.4 is 14.7 Å². The van der Waals surface area contributed by atoms with Crippen molar-refractivity contribution in [3.8, 4) is 33.4 Å². The number of para-hydroxylation sites is 3. The van der Waals surface area contributed by atoms with Crippen molar-refractivity contribution >= 4 is 52.2 Å². The van der Waals surface area contributed by atoms with Crippen LogP contribution in [-0.4, -0.2) is 13.4 Å². The van der Waals surface area contributed by atoms with Gasteiger partial charge in [-0.15, -0.1) is 0 Å². The van der Waals surface area contributed by atoms with Gasteiger partial charge in [-0.1, -0.05) is 158 Å². The predicted octanol–water partition coefficient (Wildman–Crippen LogP) is 14.7. The molecule has 288 valence electrons. The SMILES string of the molecule is C=Nc1ccccc1N1CN(c2ccccc2)c2ccc(N(c3ccc(-c4ccccc4)cc3)c3cccc4c3-c3ccccc3C43c4ccccc4-c4ccccc43)cc21. The van der Waals surface area contributed by atoms with E-state index in [0.717, 1.165) is 45.5 Å². The molecule has 0 atom stereocenters. The largest absolute Gasteiger partial charge is 0.321 e. The zero-order valence-corrected chi connectivity index (χ0v) is 33.5. The predicted molar refractivity (Wildman–Crippen MR) is 254 cm³/mol. The molecule has 12 rings (SSSR count). The lowest BCUT2D eigenvalue weighted by molar-refractivity contribution is 0.794. The van der Waals surface area contributed by atoms with Crippen LogP contribution in [0.15, 0.2) is 223 Å². The summed E-state index contributed by atoms with van der Waals surface area (Å²) in [4.78, 5) is 11.7. The van der Waals surface area contributed by atoms with E-state index in [1.165, 1.54) is 55.6 Å². The van der Waals surface area contributed by atoms with Gasteiger partial charge in [0.1, 0.15) is 6.67 Å². The molecule has 61 heavy (non-hydrogen) atoms. The highest BCUT2D eigenvalue weighted by molar-refractivity contribution is 6.02. The van der Waals surface area contributed by atoms with Crippen molar-refractivity contribution in [2.45, 2.75) is 5.41 Å². The molecule has 0 aromatic heterocycles. The quantitative estimate of drug-likeness (QED) is 0.150. The van der Waals surface area contributed by atoms with Gasteiger partial charge in [-0.05, 0) is 117 Å². The molecular formula is C57H40N4. The molecule has 0 saturated carbocycles. The highest BCUT2D eigenvalue weighted by Crippen LogP contribution is 2.65. The maximum atomic E-state index is 4.48. The van der Waals surface area contributed by atoms with E-state index >= 15 is 0 Å². The van der Waals surface area contributed by atoms with Gasteiger partial charge < -0.3 is 14.7 Å². The highest BCUT2D eigenvalue weighted by atomic mass is 15.4. The fourth-order valence-electron chi connectivity index (χ4n) is 10.4. The molecule has 9 aromatic carbocycles. The lowest BCUT2D eigenvalue weighted by Crippen LogP contribution is -2.26. The Kier molecular flexibility index (Phi) is 7.94. The van der Waals surface area contributed by atoms with Crippen molar-refractivity contribution < 1.29 is 0 Å². The minimum absolute atomic E-state index is 0.454. The van der Waals surface area contributed by atoms with E-state index in [2.05, 4.69) is 233 Å². The number of aliphatic imine (C=N–C) groups is 1. The van der Waals surface area contributed by atoms with Crippen molar-refractivity contribution in [2.75, 3.05) is 21.4 Å². The molecule has 3 aliphatic rings. The summed E-state index contributed by atoms with van der Waals surface area (Å²) in [5.74, 6) is 0. The Morgan fingerprint density at radius 3 is 1.69 bits per heavy atom. The normalized spacial score (nSPS) is 13.6. The first-order valence-electron chi connectivity index (χ1n) is 20.9. The molecule has 1 spiro atoms. The van der Waals surface area contributed by atoms with Crippen LogP contribution in [0, 0.1) is 0 Å². The highest BCUT2D eigenvalue weighted by Gasteiger charge is 2.52. The van der Waals surface area contributed by atoms with Gasteiger partial charge in [0.05, 0.1) is 33.9 Å². The van der Waals surface area contributed by atoms with Crippen LogP contribution in [0.1, 0.15) is 22.3 Å². The molecule has 0 bridgehead atoms. The van der Waals surface area contributed by atoms with Crippen LogP contribution in [0.5, 0.6) is 0 Å². The first-order chi connectivity index (χ1) is 30.2. The third-order valence-corrected chi connectivity index (χ3v) is 13.0. The Balaban J connectivity index is 1.11. The Morgan fingerprint density at radius 2 is 0.984 bits per heavy atom. The summed E-state index contributed by atoms with van der Waals surface area (Å²) in [7, 11) is 0. The summed E-state index contributed by atoms with van der Waals surface area (Å²) >= 11 is 0. The van der Waals surface area contributed by atoms with Crippen LogP contribution in [0.4, 0.5) is 45.5 Å². The van der Waals surface area contributed by atoms with Crippen molar-refractivity contribution in [3.05, 3.63) is 241 Å². The lowest BCUT2D eigenvalue weighted by Gasteiger charge is -2.32. The molecule has 4 heteroatoms. The number of anilines is 7. The molecule has 0 N–H and O–H groups in total. The zero-order valence-electron chi connectivity index (χ0n) is 33.5. The summed E-state index contributed by atoms with van der Waals surface area (Å²) in [5, 5.41) is 0. The smallest absolute Gasteiger partial charge is 0.100 e. The number of benzene rings is 9. The minimum Gasteiger partial charge on any atom is -0.321 e. The fraction of sp³-hybridized carbons (Fsp3) is 0.0351. The molecule has 0 radical (unpaired) electrons. The Bertz CT molecular complexity index is 3110. The topological polar surface area (TPSA) is 22.1 Å². The first kappa shape index (κ1) is 35.0. The van der Waals surface area contributed by atoms with E-state index < -0.39 is 5.41 Å². The summed E-state index contributed by atoms with van der Waals surface area (Å²) in [6.07, 6.45) is 0. The average molecular weight is 781 g/mol. The summed E-state index contributed by atoms with van der Waals surface area (Å²) < 4.78 is 0. The number of rotatable bonds is 7. The number of hydrogen-bond donors (Lipinski definition) is 0. The van der Waals surface area contributed by atoms with Gasteiger partial charge in [-0.2, -0.15) is 0 Å². The van der Waals surface area contributed by atoms with E-state index in [9.17, 15) is 0 Å². The summed E-state index contributed by atoms with van der Waals surface area (Å²) in [6.45, 7) is 4.60. The second kappa shape index (κ2) is 13.8. The monoisotopic (exact) mass is 780 g/mol. The van der Waals surface area contributed by atoms with Crippen LogP contribution in [0.3, 0.4) is 0 Å². The first-order valence-corrected chi connectivity index (χ1v) is 20.9. The van der Waals surface area contributed by atoms with E-state index in [-0.39, 0.29) is 0 Å². The van der Waals surface area contributed by atoms with Crippen LogP contribution in [0.25, 0.3) is 33.4 Å². The van der Waals surface area contributed by atoms with Gasteiger partial charge in [0.2, 0.25) is 0 Å². The van der Waals surface area contributed by atoms with Crippen molar-refractivity contribution in [1.29, 1.82) is 0 Å². The lowest BCUT2D eigenvalue weighted by atomic mass is 9.70. The van der Waals surface area contributed by atoms with Gasteiger partial charge >= 0.3 is 0 Å². The molecule has 0 amide bonds. The second-order valence-electron chi connectivity index (χ2n) is 16.0. The van der Waals surface area contributed by atoms with Gasteiger partial charge in [-0.25, -0.2) is 0 Å². The third-order valence-electron chi connectivity index (χ3n) is 13.0. The van der Waals surface area contributed by atoms with Crippen LogP contribution in [0.2, 0.25) is 0 Å². The molecular weight excluding hydrogens is 741 g/mol. The third kappa shape index (κ3) is 5.15. The molecule has 1 aliphatic heterocycles. The molecule has 0 fully saturated rings. The van der Waals surface area contributed by atoms with Crippen molar-refractivity contribution in [1.82, 2.24) is 0 Å². The number of hydrogen-bond acceptors (Lipinski definition) is 4. The van der Waals surface area contributed by atoms with E-state index in [1.807, 2.05) is 12.1 Å². The molecule has 4 nitrogen and oxygen atoms in total. The van der Waals surface area contributed by atoms with E-state index in [1.54, 1.807) is 0 Å². The maximum absolute atomic E-state index is 4.48. The number of nitrogens with zero attached hydrogens (tertiary/aromatic N) is 4. The molecule has 0 saturated heterocycles. The summed E-state index contributed by atoms with van der Waals surface area (Å²) in [6, 6.07) is 79.6. The van der Waals surface area contributed by atoms with Crippen molar-refractivity contribution in [2.24, 2.45) is 4.99 Å². The Labute approximate surface area is 356 Å². The van der Waals surface area contributed by atoms with E-state index in [0.29, 0.717) is 6.67 Å². The Hall–Kier alpha value is -7.95. The van der Waals surface area contributed by atoms with Gasteiger partial charge in [0.15, 0.2) is 0 Å². The van der Waals surface area contributed by atoms with Gasteiger partial charge in [0, 0.05) is 22.6 Å². The zero-order chi connectivity index (χ0) is 40.5. The second-order valence-corrected chi connectivity index (χ2v) is 16.0. The molecule has 9 aromatic rings.